The molecule has 0 spiro atoms. The van der Waals surface area contributed by atoms with Gasteiger partial charge in [-0.15, -0.1) is 0 Å². The monoisotopic (exact) mass is 349 g/mol. The van der Waals surface area contributed by atoms with Crippen molar-refractivity contribution in [1.82, 2.24) is 0 Å². The second kappa shape index (κ2) is 5.92. The Hall–Kier alpha value is -2.41. The number of nitro benzene ring substituents is 1. The topological polar surface area (TPSA) is 102 Å². The second-order valence-corrected chi connectivity index (χ2v) is 5.25. The molecule has 0 aliphatic carbocycles. The molecule has 0 saturated carbocycles. The predicted octanol–water partition coefficient (Wildman–Crippen LogP) is 3.74. The van der Waals surface area contributed by atoms with Crippen molar-refractivity contribution in [2.75, 3.05) is 0 Å². The molecule has 0 heterocycles. The molecule has 3 N–H and O–H groups in total. The first kappa shape index (κ1) is 15.0. The number of nitrogens with zero attached hydrogens (tertiary/aromatic N) is 1. The van der Waals surface area contributed by atoms with Crippen LogP contribution in [0.5, 0.6) is 11.5 Å². The van der Waals surface area contributed by atoms with Crippen LogP contribution in [0.4, 0.5) is 5.69 Å². The number of hydrogen-bond acceptors (Lipinski definition) is 4. The molecule has 0 bridgehead atoms. The summed E-state index contributed by atoms with van der Waals surface area (Å²) in [6, 6.07) is 9.76. The number of aryl methyl sites for hydroxylation is 1. The second-order valence-electron chi connectivity index (χ2n) is 4.33. The van der Waals surface area contributed by atoms with Gasteiger partial charge in [-0.3, -0.25) is 15.5 Å². The molecular weight excluding hydrogens is 338 g/mol. The third-order valence-electron chi connectivity index (χ3n) is 2.84. The lowest BCUT2D eigenvalue weighted by molar-refractivity contribution is -0.386. The maximum Gasteiger partial charge on any atom is 0.314 e. The van der Waals surface area contributed by atoms with Crippen molar-refractivity contribution < 1.29 is 9.66 Å². The summed E-state index contributed by atoms with van der Waals surface area (Å²) in [6.07, 6.45) is 0. The van der Waals surface area contributed by atoms with E-state index < -0.39 is 4.92 Å². The van der Waals surface area contributed by atoms with Crippen LogP contribution in [0.2, 0.25) is 0 Å². The van der Waals surface area contributed by atoms with E-state index in [2.05, 4.69) is 15.9 Å². The number of rotatable bonds is 4. The third kappa shape index (κ3) is 3.19. The van der Waals surface area contributed by atoms with Crippen LogP contribution in [0.15, 0.2) is 40.9 Å². The van der Waals surface area contributed by atoms with E-state index >= 15 is 0 Å². The number of halogens is 1. The molecule has 0 aromatic heterocycles. The Balaban J connectivity index is 2.51. The van der Waals surface area contributed by atoms with Gasteiger partial charge in [0.05, 0.1) is 10.5 Å². The number of para-hydroxylation sites is 1. The van der Waals surface area contributed by atoms with E-state index in [9.17, 15) is 10.1 Å². The van der Waals surface area contributed by atoms with E-state index in [0.29, 0.717) is 16.9 Å². The summed E-state index contributed by atoms with van der Waals surface area (Å²) in [6.45, 7) is 1.64. The zero-order valence-electron chi connectivity index (χ0n) is 11.1. The number of nitrogens with one attached hydrogen (secondary N) is 1. The molecule has 21 heavy (non-hydrogen) atoms. The standard InChI is InChI=1S/C14H12BrN3O3/c1-8-3-2-4-12(13(8)18(19)20)21-11-6-5-9(15)7-10(11)14(16)17/h2-7H,1H3,(H3,16,17). The van der Waals surface area contributed by atoms with Crippen LogP contribution in [0.25, 0.3) is 0 Å². The van der Waals surface area contributed by atoms with Gasteiger partial charge in [0.25, 0.3) is 0 Å². The van der Waals surface area contributed by atoms with Gasteiger partial charge in [-0.1, -0.05) is 28.1 Å². The Kier molecular flexibility index (Phi) is 4.23. The Morgan fingerprint density at radius 1 is 1.33 bits per heavy atom. The van der Waals surface area contributed by atoms with E-state index in [1.54, 1.807) is 37.3 Å². The highest BCUT2D eigenvalue weighted by atomic mass is 79.9. The molecule has 6 nitrogen and oxygen atoms in total. The van der Waals surface area contributed by atoms with Gasteiger partial charge in [-0.25, -0.2) is 0 Å². The number of benzene rings is 2. The maximum absolute atomic E-state index is 11.2. The Bertz CT molecular complexity index is 731. The number of nitrogen functional groups attached to an aromatic ring is 1. The fourth-order valence-electron chi connectivity index (χ4n) is 1.87. The summed E-state index contributed by atoms with van der Waals surface area (Å²) in [5, 5.41) is 18.7. The van der Waals surface area contributed by atoms with Gasteiger partial charge < -0.3 is 10.5 Å². The first-order valence-corrected chi connectivity index (χ1v) is 6.75. The molecule has 108 valence electrons. The van der Waals surface area contributed by atoms with Crippen molar-refractivity contribution in [1.29, 1.82) is 5.41 Å². The van der Waals surface area contributed by atoms with E-state index in [-0.39, 0.29) is 17.3 Å². The van der Waals surface area contributed by atoms with Crippen molar-refractivity contribution in [3.05, 3.63) is 62.1 Å². The van der Waals surface area contributed by atoms with Crippen LogP contribution >= 0.6 is 15.9 Å². The summed E-state index contributed by atoms with van der Waals surface area (Å²) in [5.74, 6) is 0.228. The summed E-state index contributed by atoms with van der Waals surface area (Å²) in [7, 11) is 0. The minimum atomic E-state index is -0.489. The largest absolute Gasteiger partial charge is 0.449 e. The van der Waals surface area contributed by atoms with Gasteiger partial charge in [-0.05, 0) is 31.2 Å². The molecule has 0 atom stereocenters. The number of amidine groups is 1. The normalized spacial score (nSPS) is 10.2. The van der Waals surface area contributed by atoms with E-state index in [0.717, 1.165) is 4.47 Å². The van der Waals surface area contributed by atoms with E-state index in [1.165, 1.54) is 6.07 Å². The highest BCUT2D eigenvalue weighted by Crippen LogP contribution is 2.35. The van der Waals surface area contributed by atoms with Gasteiger partial charge in [-0.2, -0.15) is 0 Å². The highest BCUT2D eigenvalue weighted by molar-refractivity contribution is 9.10. The van der Waals surface area contributed by atoms with Crippen molar-refractivity contribution in [2.24, 2.45) is 5.73 Å². The number of hydrogen-bond donors (Lipinski definition) is 2. The Labute approximate surface area is 129 Å². The smallest absolute Gasteiger partial charge is 0.314 e. The molecule has 0 aliphatic rings. The first-order valence-electron chi connectivity index (χ1n) is 5.96. The maximum atomic E-state index is 11.2. The van der Waals surface area contributed by atoms with Crippen molar-refractivity contribution in [3.8, 4) is 11.5 Å². The molecule has 0 fully saturated rings. The first-order chi connectivity index (χ1) is 9.90. The van der Waals surface area contributed by atoms with Crippen molar-refractivity contribution >= 4 is 27.5 Å². The molecule has 0 unspecified atom stereocenters. The van der Waals surface area contributed by atoms with Gasteiger partial charge in [0.15, 0.2) is 0 Å². The Morgan fingerprint density at radius 3 is 2.67 bits per heavy atom. The lowest BCUT2D eigenvalue weighted by Gasteiger charge is -2.11. The average Bonchev–Trinajstić information content (AvgIpc) is 2.40. The number of ether oxygens (including phenoxy) is 1. The van der Waals surface area contributed by atoms with Crippen LogP contribution in [0.1, 0.15) is 11.1 Å². The minimum absolute atomic E-state index is 0.102. The quantitative estimate of drug-likeness (QED) is 0.379. The van der Waals surface area contributed by atoms with Crippen LogP contribution in [0, 0.1) is 22.4 Å². The highest BCUT2D eigenvalue weighted by Gasteiger charge is 2.20. The molecule has 0 saturated heterocycles. The summed E-state index contributed by atoms with van der Waals surface area (Å²) < 4.78 is 6.35. The molecule has 2 rings (SSSR count). The fourth-order valence-corrected chi connectivity index (χ4v) is 2.23. The SMILES string of the molecule is Cc1cccc(Oc2ccc(Br)cc2C(=N)N)c1[N+](=O)[O-]. The van der Waals surface area contributed by atoms with Crippen molar-refractivity contribution in [3.63, 3.8) is 0 Å². The van der Waals surface area contributed by atoms with Gasteiger partial charge in [0.2, 0.25) is 5.75 Å². The minimum Gasteiger partial charge on any atom is -0.449 e. The van der Waals surface area contributed by atoms with Gasteiger partial charge in [0, 0.05) is 10.0 Å². The molecule has 7 heteroatoms. The van der Waals surface area contributed by atoms with Gasteiger partial charge >= 0.3 is 5.69 Å². The fraction of sp³-hybridized carbons (Fsp3) is 0.0714. The molecule has 2 aromatic rings. The van der Waals surface area contributed by atoms with Crippen LogP contribution in [-0.4, -0.2) is 10.8 Å². The molecule has 0 amide bonds. The third-order valence-corrected chi connectivity index (χ3v) is 3.33. The van der Waals surface area contributed by atoms with Crippen molar-refractivity contribution in [2.45, 2.75) is 6.92 Å². The van der Waals surface area contributed by atoms with Crippen LogP contribution < -0.4 is 10.5 Å². The molecule has 0 aliphatic heterocycles. The lowest BCUT2D eigenvalue weighted by atomic mass is 10.1. The summed E-state index contributed by atoms with van der Waals surface area (Å²) in [5.41, 5.74) is 6.27. The summed E-state index contributed by atoms with van der Waals surface area (Å²) >= 11 is 3.28. The van der Waals surface area contributed by atoms with Gasteiger partial charge in [0.1, 0.15) is 11.6 Å². The average molecular weight is 350 g/mol. The Morgan fingerprint density at radius 2 is 2.05 bits per heavy atom. The molecule has 2 aromatic carbocycles. The van der Waals surface area contributed by atoms with Crippen LogP contribution in [0.3, 0.4) is 0 Å². The van der Waals surface area contributed by atoms with Crippen LogP contribution in [-0.2, 0) is 0 Å². The van der Waals surface area contributed by atoms with E-state index in [1.807, 2.05) is 0 Å². The summed E-state index contributed by atoms with van der Waals surface area (Å²) in [4.78, 5) is 10.7. The zero-order valence-corrected chi connectivity index (χ0v) is 12.7. The zero-order chi connectivity index (χ0) is 15.6. The predicted molar refractivity (Wildman–Crippen MR) is 83.1 cm³/mol. The number of nitro groups is 1. The molecule has 0 radical (unpaired) electrons. The number of nitrogens with two attached hydrogens (primary N) is 1. The van der Waals surface area contributed by atoms with E-state index in [4.69, 9.17) is 15.9 Å². The lowest BCUT2D eigenvalue weighted by Crippen LogP contribution is -2.12. The molecular formula is C14H12BrN3O3.